The highest BCUT2D eigenvalue weighted by Crippen LogP contribution is 2.25. The first-order chi connectivity index (χ1) is 11.3. The van der Waals surface area contributed by atoms with E-state index in [0.717, 1.165) is 21.7 Å². The summed E-state index contributed by atoms with van der Waals surface area (Å²) in [6.07, 6.45) is 1.55. The molecule has 0 fully saturated rings. The Bertz CT molecular complexity index is 785. The molecule has 140 valence electrons. The topological polar surface area (TPSA) is 101 Å². The van der Waals surface area contributed by atoms with Crippen molar-refractivity contribution in [3.05, 3.63) is 26.6 Å². The largest absolute Gasteiger partial charge is 0.352 e. The average molecular weight is 387 g/mol. The van der Waals surface area contributed by atoms with Gasteiger partial charge >= 0.3 is 0 Å². The fourth-order valence-corrected chi connectivity index (χ4v) is 3.78. The van der Waals surface area contributed by atoms with E-state index in [2.05, 4.69) is 29.1 Å². The fourth-order valence-electron chi connectivity index (χ4n) is 2.73. The Hall–Kier alpha value is -1.44. The zero-order valence-corrected chi connectivity index (χ0v) is 16.8. The number of carbonyl (C=O) groups is 1. The van der Waals surface area contributed by atoms with Crippen molar-refractivity contribution in [1.82, 2.24) is 15.3 Å². The SMILES string of the molecule is Cc1sc2nc(CCC(=O)NC(CN)CC(C)C)[nH]c(=O)c2c1C.Cl. The van der Waals surface area contributed by atoms with Crippen molar-refractivity contribution in [3.63, 3.8) is 0 Å². The zero-order valence-electron chi connectivity index (χ0n) is 15.1. The van der Waals surface area contributed by atoms with Crippen molar-refractivity contribution >= 4 is 39.9 Å². The summed E-state index contributed by atoms with van der Waals surface area (Å²) in [4.78, 5) is 33.4. The molecule has 2 aromatic heterocycles. The molecule has 2 rings (SSSR count). The third-order valence-corrected chi connectivity index (χ3v) is 5.18. The molecule has 0 aliphatic rings. The van der Waals surface area contributed by atoms with Crippen molar-refractivity contribution in [2.75, 3.05) is 6.54 Å². The van der Waals surface area contributed by atoms with Gasteiger partial charge in [-0.15, -0.1) is 23.7 Å². The van der Waals surface area contributed by atoms with Gasteiger partial charge in [0, 0.05) is 30.3 Å². The van der Waals surface area contributed by atoms with Gasteiger partial charge in [-0.25, -0.2) is 4.98 Å². The van der Waals surface area contributed by atoms with E-state index in [1.165, 1.54) is 11.3 Å². The quantitative estimate of drug-likeness (QED) is 0.680. The minimum Gasteiger partial charge on any atom is -0.352 e. The molecule has 1 atom stereocenters. The number of fused-ring (bicyclic) bond motifs is 1. The number of rotatable bonds is 7. The van der Waals surface area contributed by atoms with Gasteiger partial charge in [0.2, 0.25) is 5.91 Å². The molecule has 0 bridgehead atoms. The maximum atomic E-state index is 12.2. The van der Waals surface area contributed by atoms with Crippen LogP contribution in [0.5, 0.6) is 0 Å². The normalized spacial score (nSPS) is 12.2. The van der Waals surface area contributed by atoms with Crippen LogP contribution < -0.4 is 16.6 Å². The highest BCUT2D eigenvalue weighted by molar-refractivity contribution is 7.18. The van der Waals surface area contributed by atoms with Crippen LogP contribution in [-0.4, -0.2) is 28.5 Å². The summed E-state index contributed by atoms with van der Waals surface area (Å²) in [5.41, 5.74) is 6.55. The van der Waals surface area contributed by atoms with Crippen LogP contribution in [0.15, 0.2) is 4.79 Å². The summed E-state index contributed by atoms with van der Waals surface area (Å²) >= 11 is 1.51. The molecule has 1 amide bonds. The lowest BCUT2D eigenvalue weighted by Gasteiger charge is -2.18. The molecule has 0 saturated carbocycles. The molecule has 0 aromatic carbocycles. The van der Waals surface area contributed by atoms with Gasteiger partial charge in [0.25, 0.3) is 5.56 Å². The Morgan fingerprint density at radius 3 is 2.64 bits per heavy atom. The van der Waals surface area contributed by atoms with E-state index in [4.69, 9.17) is 5.73 Å². The number of halogens is 1. The Morgan fingerprint density at radius 2 is 2.04 bits per heavy atom. The van der Waals surface area contributed by atoms with E-state index in [0.29, 0.717) is 30.1 Å². The second-order valence-corrected chi connectivity index (χ2v) is 7.81. The lowest BCUT2D eigenvalue weighted by Crippen LogP contribution is -2.41. The second kappa shape index (κ2) is 9.31. The highest BCUT2D eigenvalue weighted by Gasteiger charge is 2.15. The first-order valence-electron chi connectivity index (χ1n) is 8.30. The summed E-state index contributed by atoms with van der Waals surface area (Å²) in [7, 11) is 0. The van der Waals surface area contributed by atoms with Crippen molar-refractivity contribution in [2.24, 2.45) is 11.7 Å². The van der Waals surface area contributed by atoms with Crippen molar-refractivity contribution in [2.45, 2.75) is 53.0 Å². The molecule has 4 N–H and O–H groups in total. The van der Waals surface area contributed by atoms with Gasteiger partial charge in [0.1, 0.15) is 10.7 Å². The smallest absolute Gasteiger partial charge is 0.259 e. The molecule has 0 radical (unpaired) electrons. The first kappa shape index (κ1) is 21.6. The lowest BCUT2D eigenvalue weighted by molar-refractivity contribution is -0.121. The van der Waals surface area contributed by atoms with E-state index in [1.807, 2.05) is 13.8 Å². The van der Waals surface area contributed by atoms with Crippen LogP contribution in [0, 0.1) is 19.8 Å². The van der Waals surface area contributed by atoms with Gasteiger partial charge in [-0.05, 0) is 31.7 Å². The third-order valence-electron chi connectivity index (χ3n) is 4.08. The van der Waals surface area contributed by atoms with Gasteiger partial charge < -0.3 is 16.0 Å². The van der Waals surface area contributed by atoms with Crippen LogP contribution in [0.25, 0.3) is 10.2 Å². The van der Waals surface area contributed by atoms with Crippen molar-refractivity contribution in [1.29, 1.82) is 0 Å². The van der Waals surface area contributed by atoms with Gasteiger partial charge in [0.05, 0.1) is 5.39 Å². The molecule has 25 heavy (non-hydrogen) atoms. The third kappa shape index (κ3) is 5.52. The summed E-state index contributed by atoms with van der Waals surface area (Å²) in [5, 5.41) is 3.61. The summed E-state index contributed by atoms with van der Waals surface area (Å²) in [5.74, 6) is 0.967. The number of H-pyrrole nitrogens is 1. The van der Waals surface area contributed by atoms with Crippen molar-refractivity contribution in [3.8, 4) is 0 Å². The maximum absolute atomic E-state index is 12.2. The minimum absolute atomic E-state index is 0. The number of hydrogen-bond donors (Lipinski definition) is 3. The molecule has 1 unspecified atom stereocenters. The van der Waals surface area contributed by atoms with Crippen LogP contribution in [0.2, 0.25) is 0 Å². The molecule has 2 aromatic rings. The maximum Gasteiger partial charge on any atom is 0.259 e. The minimum atomic E-state index is -0.128. The number of hydrogen-bond acceptors (Lipinski definition) is 5. The average Bonchev–Trinajstić information content (AvgIpc) is 2.79. The van der Waals surface area contributed by atoms with Crippen LogP contribution >= 0.6 is 23.7 Å². The number of carbonyl (C=O) groups excluding carboxylic acids is 1. The van der Waals surface area contributed by atoms with E-state index in [9.17, 15) is 9.59 Å². The van der Waals surface area contributed by atoms with E-state index in [-0.39, 0.29) is 36.3 Å². The number of thiophene rings is 1. The fraction of sp³-hybridized carbons (Fsp3) is 0.588. The standard InChI is InChI=1S/C17H26N4O2S.ClH/c1-9(2)7-12(8-18)19-14(22)6-5-13-20-16(23)15-10(3)11(4)24-17(15)21-13;/h9,12H,5-8,18H2,1-4H3,(H,19,22)(H,20,21,23);1H. The number of amides is 1. The predicted octanol–water partition coefficient (Wildman–Crippen LogP) is 2.45. The van der Waals surface area contributed by atoms with Crippen LogP contribution in [0.3, 0.4) is 0 Å². The first-order valence-corrected chi connectivity index (χ1v) is 9.11. The second-order valence-electron chi connectivity index (χ2n) is 6.61. The lowest BCUT2D eigenvalue weighted by atomic mass is 10.0. The number of nitrogens with one attached hydrogen (secondary N) is 2. The van der Waals surface area contributed by atoms with Crippen LogP contribution in [-0.2, 0) is 11.2 Å². The van der Waals surface area contributed by atoms with E-state index in [1.54, 1.807) is 0 Å². The van der Waals surface area contributed by atoms with E-state index < -0.39 is 0 Å². The molecular weight excluding hydrogens is 360 g/mol. The monoisotopic (exact) mass is 386 g/mol. The van der Waals surface area contributed by atoms with Gasteiger partial charge in [-0.3, -0.25) is 9.59 Å². The molecular formula is C17H27ClN4O2S. The summed E-state index contributed by atoms with van der Waals surface area (Å²) in [6, 6.07) is -0.00502. The Morgan fingerprint density at radius 1 is 1.36 bits per heavy atom. The van der Waals surface area contributed by atoms with Crippen LogP contribution in [0.1, 0.15) is 43.0 Å². The van der Waals surface area contributed by atoms with Gasteiger partial charge in [-0.1, -0.05) is 13.8 Å². The number of nitrogens with zero attached hydrogens (tertiary/aromatic N) is 1. The molecule has 0 saturated heterocycles. The number of nitrogens with two attached hydrogens (primary N) is 1. The van der Waals surface area contributed by atoms with Crippen LogP contribution in [0.4, 0.5) is 0 Å². The summed E-state index contributed by atoms with van der Waals surface area (Å²) < 4.78 is 0. The Kier molecular flexibility index (Phi) is 8.05. The highest BCUT2D eigenvalue weighted by atomic mass is 35.5. The zero-order chi connectivity index (χ0) is 17.9. The molecule has 0 aliphatic heterocycles. The van der Waals surface area contributed by atoms with Crippen molar-refractivity contribution < 1.29 is 4.79 Å². The number of aromatic nitrogens is 2. The number of aromatic amines is 1. The number of aryl methyl sites for hydroxylation is 3. The molecule has 0 spiro atoms. The molecule has 2 heterocycles. The van der Waals surface area contributed by atoms with Gasteiger partial charge in [0.15, 0.2) is 0 Å². The summed E-state index contributed by atoms with van der Waals surface area (Å²) in [6.45, 7) is 8.54. The molecule has 0 aliphatic carbocycles. The Balaban J connectivity index is 0.00000312. The van der Waals surface area contributed by atoms with Gasteiger partial charge in [-0.2, -0.15) is 0 Å². The molecule has 8 heteroatoms. The van der Waals surface area contributed by atoms with E-state index >= 15 is 0 Å². The predicted molar refractivity (Wildman–Crippen MR) is 106 cm³/mol. The Labute approximate surface area is 158 Å². The molecule has 6 nitrogen and oxygen atoms in total.